The normalized spacial score (nSPS) is 52.6. The van der Waals surface area contributed by atoms with Crippen LogP contribution in [0.5, 0.6) is 0 Å². The number of aliphatic hydroxyl groups excluding tert-OH is 1. The first-order valence-electron chi connectivity index (χ1n) is 14.2. The van der Waals surface area contributed by atoms with Gasteiger partial charge in [-0.15, -0.1) is 0 Å². The van der Waals surface area contributed by atoms with Crippen LogP contribution in [0.15, 0.2) is 11.6 Å². The lowest BCUT2D eigenvalue weighted by Crippen LogP contribution is -2.57. The van der Waals surface area contributed by atoms with Crippen molar-refractivity contribution in [3.63, 3.8) is 0 Å². The van der Waals surface area contributed by atoms with E-state index in [4.69, 9.17) is 0 Å². The molecule has 182 valence electrons. The summed E-state index contributed by atoms with van der Waals surface area (Å²) in [4.78, 5) is 0. The molecule has 5 aliphatic rings. The van der Waals surface area contributed by atoms with E-state index >= 15 is 0 Å². The van der Waals surface area contributed by atoms with E-state index in [1.54, 1.807) is 5.57 Å². The maximum atomic E-state index is 10.9. The van der Waals surface area contributed by atoms with Gasteiger partial charge in [0.05, 0.1) is 6.10 Å². The van der Waals surface area contributed by atoms with Crippen LogP contribution in [0.25, 0.3) is 0 Å². The summed E-state index contributed by atoms with van der Waals surface area (Å²) in [5, 5.41) is 10.9. The Balaban J connectivity index is 1.41. The first kappa shape index (κ1) is 23.4. The molecule has 0 aromatic heterocycles. The van der Waals surface area contributed by atoms with Gasteiger partial charge in [-0.05, 0) is 128 Å². The first-order chi connectivity index (χ1) is 14.9. The molecule has 0 aromatic carbocycles. The molecule has 1 nitrogen and oxygen atoms in total. The molecule has 5 fully saturated rings. The average molecular weight is 441 g/mol. The van der Waals surface area contributed by atoms with Crippen LogP contribution >= 0.6 is 0 Å². The van der Waals surface area contributed by atoms with Crippen molar-refractivity contribution in [2.24, 2.45) is 56.7 Å². The van der Waals surface area contributed by atoms with Crippen LogP contribution < -0.4 is 0 Å². The molecule has 0 saturated heterocycles. The van der Waals surface area contributed by atoms with Crippen LogP contribution in [-0.4, -0.2) is 11.2 Å². The Hall–Kier alpha value is -0.300. The molecule has 9 atom stereocenters. The highest BCUT2D eigenvalue weighted by molar-refractivity contribution is 5.30. The molecule has 32 heavy (non-hydrogen) atoms. The molecule has 1 heteroatoms. The molecule has 0 aliphatic heterocycles. The molecule has 5 saturated carbocycles. The number of aliphatic hydroxyl groups is 1. The van der Waals surface area contributed by atoms with Crippen molar-refractivity contribution in [3.05, 3.63) is 11.6 Å². The lowest BCUT2D eigenvalue weighted by molar-refractivity contribution is -0.161. The second-order valence-electron chi connectivity index (χ2n) is 14.8. The van der Waals surface area contributed by atoms with E-state index in [0.29, 0.717) is 27.6 Å². The van der Waals surface area contributed by atoms with Crippen molar-refractivity contribution in [2.45, 2.75) is 126 Å². The fraction of sp³-hybridized carbons (Fsp3) is 0.935. The van der Waals surface area contributed by atoms with E-state index < -0.39 is 0 Å². The van der Waals surface area contributed by atoms with E-state index in [1.165, 1.54) is 57.8 Å². The van der Waals surface area contributed by atoms with Gasteiger partial charge in [-0.25, -0.2) is 0 Å². The molecule has 5 aliphatic carbocycles. The summed E-state index contributed by atoms with van der Waals surface area (Å²) in [6, 6.07) is 0. The minimum atomic E-state index is -0.0872. The largest absolute Gasteiger partial charge is 0.393 e. The number of hydrogen-bond acceptors (Lipinski definition) is 1. The molecular weight excluding hydrogens is 388 g/mol. The Kier molecular flexibility index (Phi) is 5.21. The SMILES string of the molecule is CC(=CC[C@@H](C)[C@H]1CC[C@@]2(C)[C@@H]3CC[C@H]4C(C)(C)[C@@H](O)CC[C@@]45C[C@]35CC[C@]12C)C(C)C. The molecule has 0 amide bonds. The van der Waals surface area contributed by atoms with Crippen molar-refractivity contribution in [2.75, 3.05) is 0 Å². The molecular formula is C31H52O. The van der Waals surface area contributed by atoms with Gasteiger partial charge in [-0.1, -0.05) is 60.1 Å². The number of rotatable bonds is 4. The minimum Gasteiger partial charge on any atom is -0.393 e. The van der Waals surface area contributed by atoms with E-state index in [-0.39, 0.29) is 11.5 Å². The monoisotopic (exact) mass is 440 g/mol. The summed E-state index contributed by atoms with van der Waals surface area (Å²) < 4.78 is 0. The van der Waals surface area contributed by atoms with Gasteiger partial charge in [-0.2, -0.15) is 0 Å². The fourth-order valence-electron chi connectivity index (χ4n) is 11.1. The number of allylic oxidation sites excluding steroid dienone is 2. The second-order valence-corrected chi connectivity index (χ2v) is 14.8. The highest BCUT2D eigenvalue weighted by Gasteiger charge is 2.82. The van der Waals surface area contributed by atoms with Gasteiger partial charge in [0.15, 0.2) is 0 Å². The Bertz CT molecular complexity index is 792. The predicted octanol–water partition coefficient (Wildman–Crippen LogP) is 8.41. The Labute approximate surface area is 199 Å². The van der Waals surface area contributed by atoms with Gasteiger partial charge in [0.1, 0.15) is 0 Å². The lowest BCUT2D eigenvalue weighted by atomic mass is 9.41. The third kappa shape index (κ3) is 2.73. The molecule has 2 spiro atoms. The molecule has 0 bridgehead atoms. The maximum Gasteiger partial charge on any atom is 0.0594 e. The molecule has 1 N–H and O–H groups in total. The van der Waals surface area contributed by atoms with Crippen LogP contribution in [-0.2, 0) is 0 Å². The first-order valence-corrected chi connectivity index (χ1v) is 14.2. The Morgan fingerprint density at radius 2 is 1.50 bits per heavy atom. The van der Waals surface area contributed by atoms with Crippen molar-refractivity contribution in [1.29, 1.82) is 0 Å². The standard InChI is InChI=1S/C31H52O/c1-20(2)21(3)9-10-22(4)23-13-15-29(8)25-12-11-24-27(5,6)26(32)14-16-30(24)19-31(25,30)18-17-28(23,29)7/h9,20,22-26,32H,10-19H2,1-8H3/t22-,23-,24+,25+,26+,28-,29+,30-,31-/m1/s1. The summed E-state index contributed by atoms with van der Waals surface area (Å²) >= 11 is 0. The lowest BCUT2D eigenvalue weighted by Gasteiger charge is -2.63. The van der Waals surface area contributed by atoms with Crippen molar-refractivity contribution in [3.8, 4) is 0 Å². The van der Waals surface area contributed by atoms with Crippen molar-refractivity contribution in [1.82, 2.24) is 0 Å². The predicted molar refractivity (Wildman–Crippen MR) is 135 cm³/mol. The zero-order valence-electron chi connectivity index (χ0n) is 22.6. The van der Waals surface area contributed by atoms with E-state index in [1.807, 2.05) is 0 Å². The van der Waals surface area contributed by atoms with Crippen molar-refractivity contribution < 1.29 is 5.11 Å². The highest BCUT2D eigenvalue weighted by atomic mass is 16.3. The van der Waals surface area contributed by atoms with Gasteiger partial charge >= 0.3 is 0 Å². The van der Waals surface area contributed by atoms with Gasteiger partial charge in [0.25, 0.3) is 0 Å². The molecule has 0 radical (unpaired) electrons. The molecule has 0 unspecified atom stereocenters. The molecule has 5 rings (SSSR count). The van der Waals surface area contributed by atoms with E-state index in [0.717, 1.165) is 30.1 Å². The van der Waals surface area contributed by atoms with Gasteiger partial charge < -0.3 is 5.11 Å². The zero-order chi connectivity index (χ0) is 23.3. The van der Waals surface area contributed by atoms with Crippen LogP contribution in [0.2, 0.25) is 0 Å². The maximum absolute atomic E-state index is 10.9. The van der Waals surface area contributed by atoms with Crippen LogP contribution in [0.3, 0.4) is 0 Å². The van der Waals surface area contributed by atoms with Gasteiger partial charge in [-0.3, -0.25) is 0 Å². The molecule has 0 heterocycles. The summed E-state index contributed by atoms with van der Waals surface area (Å²) in [5.74, 6) is 4.06. The van der Waals surface area contributed by atoms with Crippen LogP contribution in [0.4, 0.5) is 0 Å². The Morgan fingerprint density at radius 3 is 2.19 bits per heavy atom. The van der Waals surface area contributed by atoms with Gasteiger partial charge in [0, 0.05) is 0 Å². The smallest absolute Gasteiger partial charge is 0.0594 e. The highest BCUT2D eigenvalue weighted by Crippen LogP contribution is 2.89. The topological polar surface area (TPSA) is 20.2 Å². The van der Waals surface area contributed by atoms with Crippen LogP contribution in [0.1, 0.15) is 120 Å². The zero-order valence-corrected chi connectivity index (χ0v) is 22.6. The fourth-order valence-corrected chi connectivity index (χ4v) is 11.1. The van der Waals surface area contributed by atoms with Crippen LogP contribution in [0, 0.1) is 56.7 Å². The summed E-state index contributed by atoms with van der Waals surface area (Å²) in [6.07, 6.45) is 16.3. The number of hydrogen-bond donors (Lipinski definition) is 1. The summed E-state index contributed by atoms with van der Waals surface area (Å²) in [7, 11) is 0. The quantitative estimate of drug-likeness (QED) is 0.435. The van der Waals surface area contributed by atoms with Crippen molar-refractivity contribution >= 4 is 0 Å². The third-order valence-electron chi connectivity index (χ3n) is 13.6. The van der Waals surface area contributed by atoms with Gasteiger partial charge in [0.2, 0.25) is 0 Å². The summed E-state index contributed by atoms with van der Waals surface area (Å²) in [6.45, 7) is 19.8. The average Bonchev–Trinajstić information content (AvgIpc) is 3.31. The molecule has 0 aromatic rings. The number of fused-ring (bicyclic) bond motifs is 2. The third-order valence-corrected chi connectivity index (χ3v) is 13.6. The second kappa shape index (κ2) is 7.11. The van der Waals surface area contributed by atoms with E-state index in [2.05, 4.69) is 61.5 Å². The minimum absolute atomic E-state index is 0.0872. The summed E-state index contributed by atoms with van der Waals surface area (Å²) in [5.41, 5.74) is 3.92. The Morgan fingerprint density at radius 1 is 0.844 bits per heavy atom. The van der Waals surface area contributed by atoms with E-state index in [9.17, 15) is 5.11 Å².